The first kappa shape index (κ1) is 35.3. The van der Waals surface area contributed by atoms with Crippen LogP contribution in [0.25, 0.3) is 0 Å². The van der Waals surface area contributed by atoms with E-state index >= 15 is 0 Å². The Kier molecular flexibility index (Phi) is 9.70. The van der Waals surface area contributed by atoms with Gasteiger partial charge in [0.05, 0.1) is 49.1 Å². The fourth-order valence-electron chi connectivity index (χ4n) is 8.00. The minimum absolute atomic E-state index is 0.103. The fourth-order valence-corrected chi connectivity index (χ4v) is 9.81. The minimum atomic E-state index is -3.83. The Labute approximate surface area is 299 Å². The summed E-state index contributed by atoms with van der Waals surface area (Å²) in [4.78, 5) is 31.3. The van der Waals surface area contributed by atoms with E-state index in [-0.39, 0.29) is 35.0 Å². The number of rotatable bonds is 3. The number of fused-ring (bicyclic) bond motifs is 4. The number of halogens is 1. The molecule has 3 aliphatic heterocycles. The quantitative estimate of drug-likeness (QED) is 0.411. The Morgan fingerprint density at radius 1 is 1.10 bits per heavy atom. The molecule has 3 amide bonds. The monoisotopic (exact) mass is 726 g/mol. The van der Waals surface area contributed by atoms with Gasteiger partial charge in [-0.2, -0.15) is 0 Å². The van der Waals surface area contributed by atoms with E-state index in [0.717, 1.165) is 49.4 Å². The highest BCUT2D eigenvalue weighted by atomic mass is 35.5. The molecule has 2 aromatic rings. The molecule has 1 spiro atoms. The van der Waals surface area contributed by atoms with E-state index in [9.17, 15) is 13.8 Å². The summed E-state index contributed by atoms with van der Waals surface area (Å²) in [5.41, 5.74) is 1.53. The van der Waals surface area contributed by atoms with Crippen molar-refractivity contribution in [3.8, 4) is 5.75 Å². The van der Waals surface area contributed by atoms with E-state index in [4.69, 9.17) is 30.5 Å². The van der Waals surface area contributed by atoms with Gasteiger partial charge in [-0.3, -0.25) is 4.79 Å². The molecule has 270 valence electrons. The summed E-state index contributed by atoms with van der Waals surface area (Å²) in [5, 5.41) is 0.726. The van der Waals surface area contributed by atoms with Crippen LogP contribution in [-0.2, 0) is 40.8 Å². The predicted octanol–water partition coefficient (Wildman–Crippen LogP) is 5.53. The largest absolute Gasteiger partial charge is 0.490 e. The van der Waals surface area contributed by atoms with Crippen LogP contribution in [0.4, 0.5) is 10.5 Å². The van der Waals surface area contributed by atoms with E-state index < -0.39 is 27.5 Å². The molecule has 1 saturated heterocycles. The highest BCUT2D eigenvalue weighted by Crippen LogP contribution is 2.47. The van der Waals surface area contributed by atoms with E-state index in [1.54, 1.807) is 46.3 Å². The van der Waals surface area contributed by atoms with Gasteiger partial charge in [-0.1, -0.05) is 29.8 Å². The Morgan fingerprint density at radius 3 is 2.66 bits per heavy atom. The maximum Gasteiger partial charge on any atom is 0.330 e. The molecule has 5 atom stereocenters. The topological polar surface area (TPSA) is 119 Å². The molecule has 2 aromatic carbocycles. The molecule has 0 aromatic heterocycles. The summed E-state index contributed by atoms with van der Waals surface area (Å²) in [6, 6.07) is 10.8. The molecule has 2 bridgehead atoms. The number of aryl methyl sites for hydroxylation is 1. The van der Waals surface area contributed by atoms with E-state index in [0.29, 0.717) is 37.9 Å². The van der Waals surface area contributed by atoms with Crippen molar-refractivity contribution in [2.24, 2.45) is 16.2 Å². The van der Waals surface area contributed by atoms with Crippen LogP contribution >= 0.6 is 11.6 Å². The Bertz CT molecular complexity index is 1800. The predicted molar refractivity (Wildman–Crippen MR) is 191 cm³/mol. The van der Waals surface area contributed by atoms with Crippen molar-refractivity contribution < 1.29 is 32.7 Å². The summed E-state index contributed by atoms with van der Waals surface area (Å²) in [6.07, 6.45) is 8.67. The number of carbonyl (C=O) groups excluding carboxylic acids is 2. The van der Waals surface area contributed by atoms with Crippen LogP contribution in [-0.4, -0.2) is 92.5 Å². The van der Waals surface area contributed by atoms with Crippen molar-refractivity contribution in [1.82, 2.24) is 9.62 Å². The minimum Gasteiger partial charge on any atom is -0.490 e. The number of likely N-dealkylation sites (tertiary alicyclic amines) is 1. The molecule has 1 N–H and O–H groups in total. The molecule has 7 rings (SSSR count). The molecular weight excluding hydrogens is 680 g/mol. The van der Waals surface area contributed by atoms with E-state index in [1.165, 1.54) is 16.0 Å². The van der Waals surface area contributed by atoms with Crippen LogP contribution in [0.3, 0.4) is 0 Å². The van der Waals surface area contributed by atoms with Gasteiger partial charge in [-0.15, -0.1) is 4.36 Å². The van der Waals surface area contributed by atoms with Gasteiger partial charge in [0, 0.05) is 37.7 Å². The second-order valence-corrected chi connectivity index (χ2v) is 17.1. The van der Waals surface area contributed by atoms with Crippen LogP contribution in [0, 0.1) is 11.8 Å². The van der Waals surface area contributed by atoms with Crippen LogP contribution in [0.5, 0.6) is 5.75 Å². The van der Waals surface area contributed by atoms with Crippen molar-refractivity contribution in [1.29, 1.82) is 0 Å². The molecule has 2 fully saturated rings. The van der Waals surface area contributed by atoms with Gasteiger partial charge in [0.2, 0.25) is 0 Å². The van der Waals surface area contributed by atoms with Gasteiger partial charge >= 0.3 is 6.03 Å². The highest BCUT2D eigenvalue weighted by Gasteiger charge is 2.45. The zero-order chi connectivity index (χ0) is 35.3. The zero-order valence-corrected chi connectivity index (χ0v) is 30.8. The number of anilines is 1. The van der Waals surface area contributed by atoms with Crippen molar-refractivity contribution >= 4 is 39.1 Å². The lowest BCUT2D eigenvalue weighted by molar-refractivity contribution is -0.137. The molecule has 13 heteroatoms. The van der Waals surface area contributed by atoms with Crippen molar-refractivity contribution in [2.45, 2.75) is 74.1 Å². The average Bonchev–Trinajstić information content (AvgIpc) is 3.20. The zero-order valence-electron chi connectivity index (χ0n) is 29.2. The Hall–Kier alpha value is -3.16. The molecular formula is C37H47ClN4O7S. The maximum absolute atomic E-state index is 15.0. The third-order valence-electron chi connectivity index (χ3n) is 11.2. The summed E-state index contributed by atoms with van der Waals surface area (Å²) >= 11 is 6.46. The first-order chi connectivity index (χ1) is 23.9. The van der Waals surface area contributed by atoms with E-state index in [1.807, 2.05) is 18.2 Å². The molecule has 0 unspecified atom stereocenters. The van der Waals surface area contributed by atoms with Crippen molar-refractivity contribution in [3.63, 3.8) is 0 Å². The molecule has 2 aliphatic carbocycles. The molecule has 3 heterocycles. The normalized spacial score (nSPS) is 30.9. The Morgan fingerprint density at radius 2 is 1.92 bits per heavy atom. The standard InChI is InChI=1S/C37H47ClN4O7S/c1-36(2)34(43)39-50(45,40-35(44)41-20-27(21-41)46-3)28-11-14-33-31(18-28)42(19-25-9-12-29(25)32(47-4)8-6-16-49-36)22-37(23-48-33)15-5-7-24-17-26(38)10-13-30(24)37/h6,8,10-11,13-14,17-18,25,27,29,32H,5,7,9,12,15-16,19-23H2,1-4H3,(H,39,40,43,44,45)/t25-,29+,32-,37-,50+/m0/s1. The number of nitrogens with one attached hydrogen (secondary N) is 1. The lowest BCUT2D eigenvalue weighted by Gasteiger charge is -2.46. The van der Waals surface area contributed by atoms with Gasteiger partial charge in [-0.25, -0.2) is 13.7 Å². The summed E-state index contributed by atoms with van der Waals surface area (Å²) in [6.45, 7) is 5.88. The highest BCUT2D eigenvalue weighted by molar-refractivity contribution is 7.92. The van der Waals surface area contributed by atoms with Gasteiger partial charge in [0.25, 0.3) is 5.91 Å². The van der Waals surface area contributed by atoms with Gasteiger partial charge in [0.15, 0.2) is 9.92 Å². The second-order valence-electron chi connectivity index (χ2n) is 14.8. The van der Waals surface area contributed by atoms with Gasteiger partial charge in [0.1, 0.15) is 11.4 Å². The lowest BCUT2D eigenvalue weighted by Crippen LogP contribution is -2.58. The third-order valence-corrected chi connectivity index (χ3v) is 13.2. The molecule has 5 aliphatic rings. The summed E-state index contributed by atoms with van der Waals surface area (Å²) in [5.74, 6) is 0.517. The van der Waals surface area contributed by atoms with Crippen LogP contribution in [0.15, 0.2) is 57.8 Å². The lowest BCUT2D eigenvalue weighted by atomic mass is 9.68. The maximum atomic E-state index is 15.0. The summed E-state index contributed by atoms with van der Waals surface area (Å²) in [7, 11) is -0.507. The average molecular weight is 727 g/mol. The van der Waals surface area contributed by atoms with Gasteiger partial charge in [-0.05, 0) is 99.2 Å². The number of hydrogen-bond acceptors (Lipinski definition) is 8. The van der Waals surface area contributed by atoms with Gasteiger partial charge < -0.3 is 28.7 Å². The first-order valence-corrected chi connectivity index (χ1v) is 19.4. The van der Waals surface area contributed by atoms with Crippen molar-refractivity contribution in [3.05, 3.63) is 64.7 Å². The molecule has 50 heavy (non-hydrogen) atoms. The fraction of sp³-hybridized carbons (Fsp3) is 0.568. The number of methoxy groups -OCH3 is 2. The van der Waals surface area contributed by atoms with E-state index in [2.05, 4.69) is 26.1 Å². The Balaban J connectivity index is 1.34. The first-order valence-electron chi connectivity index (χ1n) is 17.5. The van der Waals surface area contributed by atoms with Crippen molar-refractivity contribution in [2.75, 3.05) is 58.5 Å². The smallest absolute Gasteiger partial charge is 0.330 e. The molecule has 11 nitrogen and oxygen atoms in total. The van der Waals surface area contributed by atoms with Crippen LogP contribution in [0.2, 0.25) is 5.02 Å². The van der Waals surface area contributed by atoms with Crippen LogP contribution in [0.1, 0.15) is 50.7 Å². The number of benzene rings is 2. The second kappa shape index (κ2) is 13.8. The molecule has 1 saturated carbocycles. The number of nitrogens with zero attached hydrogens (tertiary/aromatic N) is 3. The number of carbonyl (C=O) groups is 2. The SMILES string of the molecule is COC1CN(C(=O)N[S@]2(=O)=NC(=O)C(C)(C)OCC=C[C@H](OC)[C@@H]3CC[C@H]3CN3C[C@@]4(CCCc5cc(Cl)ccc54)COc4ccc2cc43)C1. The number of ether oxygens (including phenoxy) is 4. The third kappa shape index (κ3) is 6.65. The summed E-state index contributed by atoms with van der Waals surface area (Å²) < 4.78 is 45.8. The van der Waals surface area contributed by atoms with Crippen LogP contribution < -0.4 is 14.4 Å². The number of hydrogen-bond donors (Lipinski definition) is 1. The number of urea groups is 1. The number of amides is 3. The molecule has 0 radical (unpaired) electrons.